The molecule has 0 saturated heterocycles. The lowest BCUT2D eigenvalue weighted by atomic mass is 10.0. The fourth-order valence-electron chi connectivity index (χ4n) is 1.22. The van der Waals surface area contributed by atoms with Crippen molar-refractivity contribution in [1.29, 1.82) is 0 Å². The predicted molar refractivity (Wildman–Crippen MR) is 55.0 cm³/mol. The second kappa shape index (κ2) is 5.03. The summed E-state index contributed by atoms with van der Waals surface area (Å²) in [6.45, 7) is 1.36. The summed E-state index contributed by atoms with van der Waals surface area (Å²) >= 11 is 0. The van der Waals surface area contributed by atoms with Gasteiger partial charge in [0, 0.05) is 0 Å². The summed E-state index contributed by atoms with van der Waals surface area (Å²) < 4.78 is 31.2. The van der Waals surface area contributed by atoms with Crippen LogP contribution in [0.3, 0.4) is 0 Å². The van der Waals surface area contributed by atoms with Gasteiger partial charge in [-0.2, -0.15) is 8.78 Å². The Morgan fingerprint density at radius 1 is 1.44 bits per heavy atom. The lowest BCUT2D eigenvalue weighted by Crippen LogP contribution is -2.41. The first-order valence-corrected chi connectivity index (χ1v) is 4.85. The van der Waals surface area contributed by atoms with Gasteiger partial charge in [0.05, 0.1) is 6.61 Å². The van der Waals surface area contributed by atoms with Crippen LogP contribution in [-0.4, -0.2) is 18.5 Å². The van der Waals surface area contributed by atoms with Gasteiger partial charge in [0.15, 0.2) is 0 Å². The molecule has 0 aliphatic carbocycles. The molecule has 0 amide bonds. The van der Waals surface area contributed by atoms with Gasteiger partial charge in [-0.3, -0.25) is 0 Å². The smallest absolute Gasteiger partial charge is 0.379 e. The molecule has 0 spiro atoms. The van der Waals surface area contributed by atoms with E-state index in [9.17, 15) is 13.6 Å². The first kappa shape index (κ1) is 12.6. The average molecular weight is 229 g/mol. The molecule has 1 rings (SSSR count). The van der Waals surface area contributed by atoms with Crippen LogP contribution in [0.1, 0.15) is 18.5 Å². The maximum absolute atomic E-state index is 13.5. The number of hydrogen-bond donors (Lipinski definition) is 1. The van der Waals surface area contributed by atoms with Gasteiger partial charge in [0.2, 0.25) is 0 Å². The van der Waals surface area contributed by atoms with E-state index in [1.807, 2.05) is 0 Å². The van der Waals surface area contributed by atoms with Crippen LogP contribution in [0, 0.1) is 0 Å². The van der Waals surface area contributed by atoms with E-state index in [2.05, 4.69) is 4.74 Å². The minimum atomic E-state index is -3.71. The Labute approximate surface area is 92.2 Å². The van der Waals surface area contributed by atoms with Crippen molar-refractivity contribution in [3.05, 3.63) is 35.9 Å². The molecule has 1 aromatic carbocycles. The molecule has 0 aliphatic heterocycles. The number of carbonyl (C=O) groups is 1. The van der Waals surface area contributed by atoms with E-state index < -0.39 is 17.9 Å². The molecule has 0 aliphatic rings. The first-order valence-electron chi connectivity index (χ1n) is 4.85. The van der Waals surface area contributed by atoms with Crippen LogP contribution in [0.4, 0.5) is 8.78 Å². The molecule has 88 valence electrons. The van der Waals surface area contributed by atoms with E-state index in [-0.39, 0.29) is 12.2 Å². The van der Waals surface area contributed by atoms with E-state index in [0.29, 0.717) is 0 Å². The third kappa shape index (κ3) is 2.55. The van der Waals surface area contributed by atoms with Crippen LogP contribution in [0.2, 0.25) is 0 Å². The summed E-state index contributed by atoms with van der Waals surface area (Å²) in [5.41, 5.74) is 5.55. The van der Waals surface area contributed by atoms with Crippen LogP contribution in [0.25, 0.3) is 0 Å². The third-order valence-corrected chi connectivity index (χ3v) is 2.10. The Morgan fingerprint density at radius 3 is 2.50 bits per heavy atom. The Bertz CT molecular complexity index is 354. The summed E-state index contributed by atoms with van der Waals surface area (Å²) in [7, 11) is 0. The first-order chi connectivity index (χ1) is 7.50. The average Bonchev–Trinajstić information content (AvgIpc) is 2.29. The summed E-state index contributed by atoms with van der Waals surface area (Å²) in [5, 5.41) is 0. The fraction of sp³-hybridized carbons (Fsp3) is 0.364. The molecule has 16 heavy (non-hydrogen) atoms. The molecule has 0 bridgehead atoms. The zero-order valence-electron chi connectivity index (χ0n) is 8.82. The molecule has 3 nitrogen and oxygen atoms in total. The van der Waals surface area contributed by atoms with Gasteiger partial charge in [0.25, 0.3) is 0 Å². The number of ether oxygens (including phenoxy) is 1. The second-order valence-corrected chi connectivity index (χ2v) is 3.23. The highest BCUT2D eigenvalue weighted by Gasteiger charge is 2.47. The number of carbonyl (C=O) groups excluding carboxylic acids is 1. The molecule has 0 fully saturated rings. The molecular weight excluding hydrogens is 216 g/mol. The summed E-state index contributed by atoms with van der Waals surface area (Å²) in [6, 6.07) is 6.04. The van der Waals surface area contributed by atoms with Gasteiger partial charge >= 0.3 is 11.9 Å². The minimum Gasteiger partial charge on any atom is -0.462 e. The molecule has 0 saturated carbocycles. The van der Waals surface area contributed by atoms with Crippen molar-refractivity contribution in [3.63, 3.8) is 0 Å². The van der Waals surface area contributed by atoms with Crippen LogP contribution in [-0.2, 0) is 9.53 Å². The van der Waals surface area contributed by atoms with Crippen molar-refractivity contribution >= 4 is 5.97 Å². The molecule has 0 aromatic heterocycles. The van der Waals surface area contributed by atoms with Crippen molar-refractivity contribution in [2.24, 2.45) is 5.73 Å². The SMILES string of the molecule is CCOC(=O)C(F)(F)[C@@H](N)c1ccccc1. The van der Waals surface area contributed by atoms with Crippen molar-refractivity contribution in [1.82, 2.24) is 0 Å². The van der Waals surface area contributed by atoms with Crippen molar-refractivity contribution in [2.75, 3.05) is 6.61 Å². The van der Waals surface area contributed by atoms with Gasteiger partial charge in [-0.1, -0.05) is 30.3 Å². The van der Waals surface area contributed by atoms with Crippen molar-refractivity contribution < 1.29 is 18.3 Å². The number of alkyl halides is 2. The fourth-order valence-corrected chi connectivity index (χ4v) is 1.22. The predicted octanol–water partition coefficient (Wildman–Crippen LogP) is 1.88. The molecule has 5 heteroatoms. The molecular formula is C11H13F2NO2. The molecule has 0 heterocycles. The highest BCUT2D eigenvalue weighted by molar-refractivity contribution is 5.78. The second-order valence-electron chi connectivity index (χ2n) is 3.23. The zero-order chi connectivity index (χ0) is 12.2. The van der Waals surface area contributed by atoms with Crippen LogP contribution < -0.4 is 5.73 Å². The van der Waals surface area contributed by atoms with Crippen LogP contribution in [0.15, 0.2) is 30.3 Å². The third-order valence-electron chi connectivity index (χ3n) is 2.10. The molecule has 2 N–H and O–H groups in total. The Hall–Kier alpha value is -1.49. The monoisotopic (exact) mass is 229 g/mol. The number of esters is 1. The maximum atomic E-state index is 13.5. The quantitative estimate of drug-likeness (QED) is 0.802. The van der Waals surface area contributed by atoms with Crippen molar-refractivity contribution in [2.45, 2.75) is 18.9 Å². The summed E-state index contributed by atoms with van der Waals surface area (Å²) in [4.78, 5) is 11.0. The van der Waals surface area contributed by atoms with Crippen LogP contribution in [0.5, 0.6) is 0 Å². The Balaban J connectivity index is 2.87. The summed E-state index contributed by atoms with van der Waals surface area (Å²) in [6.07, 6.45) is 0. The lowest BCUT2D eigenvalue weighted by Gasteiger charge is -2.21. The number of benzene rings is 1. The maximum Gasteiger partial charge on any atom is 0.379 e. The summed E-state index contributed by atoms with van der Waals surface area (Å²) in [5.74, 6) is -5.30. The molecule has 0 unspecified atom stereocenters. The number of rotatable bonds is 4. The molecule has 0 radical (unpaired) electrons. The van der Waals surface area contributed by atoms with Gasteiger partial charge in [-0.25, -0.2) is 4.79 Å². The minimum absolute atomic E-state index is 0.101. The highest BCUT2D eigenvalue weighted by atomic mass is 19.3. The van der Waals surface area contributed by atoms with Gasteiger partial charge in [0.1, 0.15) is 6.04 Å². The molecule has 1 aromatic rings. The normalized spacial score (nSPS) is 13.2. The standard InChI is InChI=1S/C11H13F2NO2/c1-2-16-10(15)11(12,13)9(14)8-6-4-3-5-7-8/h3-7,9H,2,14H2,1H3/t9-/m0/s1. The van der Waals surface area contributed by atoms with E-state index in [4.69, 9.17) is 5.73 Å². The van der Waals surface area contributed by atoms with E-state index in [1.54, 1.807) is 18.2 Å². The topological polar surface area (TPSA) is 52.3 Å². The van der Waals surface area contributed by atoms with E-state index >= 15 is 0 Å². The van der Waals surface area contributed by atoms with Crippen LogP contribution >= 0.6 is 0 Å². The number of hydrogen-bond acceptors (Lipinski definition) is 3. The Kier molecular flexibility index (Phi) is 3.95. The number of nitrogens with two attached hydrogens (primary N) is 1. The van der Waals surface area contributed by atoms with E-state index in [0.717, 1.165) is 0 Å². The van der Waals surface area contributed by atoms with Gasteiger partial charge in [-0.05, 0) is 12.5 Å². The number of halogens is 2. The largest absolute Gasteiger partial charge is 0.462 e. The highest BCUT2D eigenvalue weighted by Crippen LogP contribution is 2.30. The lowest BCUT2D eigenvalue weighted by molar-refractivity contribution is -0.174. The van der Waals surface area contributed by atoms with E-state index in [1.165, 1.54) is 19.1 Å². The van der Waals surface area contributed by atoms with Gasteiger partial charge in [-0.15, -0.1) is 0 Å². The molecule has 1 atom stereocenters. The zero-order valence-corrected chi connectivity index (χ0v) is 8.82. The Morgan fingerprint density at radius 2 is 2.00 bits per heavy atom. The van der Waals surface area contributed by atoms with Gasteiger partial charge < -0.3 is 10.5 Å². The van der Waals surface area contributed by atoms with Crippen molar-refractivity contribution in [3.8, 4) is 0 Å².